The zero-order valence-electron chi connectivity index (χ0n) is 11.8. The fourth-order valence-corrected chi connectivity index (χ4v) is 2.56. The van der Waals surface area contributed by atoms with E-state index in [1.54, 1.807) is 6.07 Å². The standard InChI is InChI=1S/C15H22ClN3O/c1-11-6-7-13(16)14(9-11)19-15(20)18-10-12-5-3-2-4-8-17-12/h6-7,9,12,17H,2-5,8,10H2,1H3,(H2,18,19,20). The van der Waals surface area contributed by atoms with Gasteiger partial charge in [0.15, 0.2) is 0 Å². The molecule has 5 heteroatoms. The Morgan fingerprint density at radius 2 is 2.25 bits per heavy atom. The molecule has 0 aromatic heterocycles. The third kappa shape index (κ3) is 4.69. The van der Waals surface area contributed by atoms with E-state index in [2.05, 4.69) is 16.0 Å². The number of amides is 2. The van der Waals surface area contributed by atoms with Crippen LogP contribution < -0.4 is 16.0 Å². The van der Waals surface area contributed by atoms with Crippen molar-refractivity contribution in [2.75, 3.05) is 18.4 Å². The van der Waals surface area contributed by atoms with Gasteiger partial charge in [-0.05, 0) is 44.0 Å². The molecule has 1 unspecified atom stereocenters. The first-order chi connectivity index (χ1) is 9.65. The number of rotatable bonds is 3. The van der Waals surface area contributed by atoms with E-state index in [0.717, 1.165) is 18.5 Å². The smallest absolute Gasteiger partial charge is 0.319 e. The van der Waals surface area contributed by atoms with Gasteiger partial charge in [0.1, 0.15) is 0 Å². The number of benzene rings is 1. The normalized spacial score (nSPS) is 19.2. The molecule has 0 bridgehead atoms. The highest BCUT2D eigenvalue weighted by atomic mass is 35.5. The summed E-state index contributed by atoms with van der Waals surface area (Å²) in [4.78, 5) is 11.9. The Kier molecular flexibility index (Phi) is 5.68. The molecule has 1 fully saturated rings. The van der Waals surface area contributed by atoms with Crippen molar-refractivity contribution >= 4 is 23.3 Å². The number of anilines is 1. The minimum atomic E-state index is -0.205. The van der Waals surface area contributed by atoms with E-state index in [-0.39, 0.29) is 6.03 Å². The molecule has 1 heterocycles. The number of hydrogen-bond donors (Lipinski definition) is 3. The summed E-state index contributed by atoms with van der Waals surface area (Å²) in [5, 5.41) is 9.71. The molecule has 1 aliphatic heterocycles. The Balaban J connectivity index is 1.81. The fourth-order valence-electron chi connectivity index (χ4n) is 2.39. The van der Waals surface area contributed by atoms with Crippen LogP contribution in [-0.2, 0) is 0 Å². The predicted molar refractivity (Wildman–Crippen MR) is 83.5 cm³/mol. The number of aryl methyl sites for hydroxylation is 1. The Morgan fingerprint density at radius 3 is 3.10 bits per heavy atom. The van der Waals surface area contributed by atoms with E-state index in [4.69, 9.17) is 11.6 Å². The summed E-state index contributed by atoms with van der Waals surface area (Å²) in [6, 6.07) is 5.74. The van der Waals surface area contributed by atoms with Crippen LogP contribution in [0.5, 0.6) is 0 Å². The molecule has 1 aromatic carbocycles. The second-order valence-corrected chi connectivity index (χ2v) is 5.73. The summed E-state index contributed by atoms with van der Waals surface area (Å²) >= 11 is 6.06. The molecule has 2 rings (SSSR count). The van der Waals surface area contributed by atoms with Crippen molar-refractivity contribution in [2.45, 2.75) is 38.6 Å². The zero-order chi connectivity index (χ0) is 14.4. The molecule has 0 spiro atoms. The predicted octanol–water partition coefficient (Wildman–Crippen LogP) is 3.30. The van der Waals surface area contributed by atoms with Gasteiger partial charge in [-0.3, -0.25) is 0 Å². The number of halogens is 1. The lowest BCUT2D eigenvalue weighted by Crippen LogP contribution is -2.41. The van der Waals surface area contributed by atoms with E-state index in [9.17, 15) is 4.79 Å². The van der Waals surface area contributed by atoms with Crippen molar-refractivity contribution in [2.24, 2.45) is 0 Å². The van der Waals surface area contributed by atoms with Gasteiger partial charge in [-0.15, -0.1) is 0 Å². The van der Waals surface area contributed by atoms with Gasteiger partial charge in [0.2, 0.25) is 0 Å². The average Bonchev–Trinajstić information content (AvgIpc) is 2.69. The number of carbonyl (C=O) groups excluding carboxylic acids is 1. The van der Waals surface area contributed by atoms with Gasteiger partial charge in [0, 0.05) is 12.6 Å². The molecule has 3 N–H and O–H groups in total. The molecule has 4 nitrogen and oxygen atoms in total. The molecular weight excluding hydrogens is 274 g/mol. The van der Waals surface area contributed by atoms with Crippen molar-refractivity contribution in [3.8, 4) is 0 Å². The van der Waals surface area contributed by atoms with Gasteiger partial charge in [-0.25, -0.2) is 4.79 Å². The van der Waals surface area contributed by atoms with Crippen LogP contribution in [-0.4, -0.2) is 25.2 Å². The van der Waals surface area contributed by atoms with E-state index in [0.29, 0.717) is 23.3 Å². The molecule has 2 amide bonds. The lowest BCUT2D eigenvalue weighted by Gasteiger charge is -2.17. The lowest BCUT2D eigenvalue weighted by molar-refractivity contribution is 0.250. The van der Waals surface area contributed by atoms with Crippen LogP contribution in [0.2, 0.25) is 5.02 Å². The Bertz CT molecular complexity index is 456. The van der Waals surface area contributed by atoms with Crippen LogP contribution in [0.25, 0.3) is 0 Å². The molecule has 110 valence electrons. The van der Waals surface area contributed by atoms with E-state index in [1.165, 1.54) is 19.3 Å². The average molecular weight is 296 g/mol. The molecule has 1 saturated heterocycles. The first-order valence-corrected chi connectivity index (χ1v) is 7.57. The van der Waals surface area contributed by atoms with E-state index >= 15 is 0 Å². The minimum Gasteiger partial charge on any atom is -0.336 e. The topological polar surface area (TPSA) is 53.2 Å². The maximum Gasteiger partial charge on any atom is 0.319 e. The van der Waals surface area contributed by atoms with Crippen LogP contribution in [0, 0.1) is 6.92 Å². The molecule has 20 heavy (non-hydrogen) atoms. The molecule has 1 atom stereocenters. The van der Waals surface area contributed by atoms with Crippen molar-refractivity contribution in [3.63, 3.8) is 0 Å². The van der Waals surface area contributed by atoms with Crippen molar-refractivity contribution in [1.29, 1.82) is 0 Å². The number of hydrogen-bond acceptors (Lipinski definition) is 2. The first-order valence-electron chi connectivity index (χ1n) is 7.19. The van der Waals surface area contributed by atoms with Crippen molar-refractivity contribution in [3.05, 3.63) is 28.8 Å². The molecular formula is C15H22ClN3O. The van der Waals surface area contributed by atoms with Crippen LogP contribution >= 0.6 is 11.6 Å². The van der Waals surface area contributed by atoms with Crippen LogP contribution in [0.15, 0.2) is 18.2 Å². The van der Waals surface area contributed by atoms with Gasteiger partial charge in [-0.1, -0.05) is 30.5 Å². The molecule has 1 aliphatic rings. The summed E-state index contributed by atoms with van der Waals surface area (Å²) < 4.78 is 0. The number of carbonyl (C=O) groups is 1. The summed E-state index contributed by atoms with van der Waals surface area (Å²) in [6.07, 6.45) is 4.84. The highest BCUT2D eigenvalue weighted by molar-refractivity contribution is 6.33. The van der Waals surface area contributed by atoms with Crippen LogP contribution in [0.3, 0.4) is 0 Å². The monoisotopic (exact) mass is 295 g/mol. The van der Waals surface area contributed by atoms with Crippen LogP contribution in [0.4, 0.5) is 10.5 Å². The second kappa shape index (κ2) is 7.50. The maximum absolute atomic E-state index is 11.9. The quantitative estimate of drug-likeness (QED) is 0.801. The Morgan fingerprint density at radius 1 is 1.40 bits per heavy atom. The fraction of sp³-hybridized carbons (Fsp3) is 0.533. The van der Waals surface area contributed by atoms with Gasteiger partial charge in [-0.2, -0.15) is 0 Å². The van der Waals surface area contributed by atoms with E-state index < -0.39 is 0 Å². The Labute approximate surface area is 125 Å². The van der Waals surface area contributed by atoms with Crippen molar-refractivity contribution < 1.29 is 4.79 Å². The Hall–Kier alpha value is -1.26. The summed E-state index contributed by atoms with van der Waals surface area (Å²) in [7, 11) is 0. The SMILES string of the molecule is Cc1ccc(Cl)c(NC(=O)NCC2CCCCCN2)c1. The highest BCUT2D eigenvalue weighted by Crippen LogP contribution is 2.22. The second-order valence-electron chi connectivity index (χ2n) is 5.32. The minimum absolute atomic E-state index is 0.205. The number of nitrogens with one attached hydrogen (secondary N) is 3. The molecule has 0 aliphatic carbocycles. The van der Waals surface area contributed by atoms with E-state index in [1.807, 2.05) is 19.1 Å². The molecule has 0 saturated carbocycles. The van der Waals surface area contributed by atoms with Crippen molar-refractivity contribution in [1.82, 2.24) is 10.6 Å². The summed E-state index contributed by atoms with van der Waals surface area (Å²) in [5.41, 5.74) is 1.72. The summed E-state index contributed by atoms with van der Waals surface area (Å²) in [5.74, 6) is 0. The molecule has 1 aromatic rings. The lowest BCUT2D eigenvalue weighted by atomic mass is 10.1. The van der Waals surface area contributed by atoms with Gasteiger partial charge < -0.3 is 16.0 Å². The third-order valence-electron chi connectivity index (χ3n) is 3.54. The third-order valence-corrected chi connectivity index (χ3v) is 3.87. The van der Waals surface area contributed by atoms with Gasteiger partial charge in [0.05, 0.1) is 10.7 Å². The largest absolute Gasteiger partial charge is 0.336 e. The van der Waals surface area contributed by atoms with Gasteiger partial charge >= 0.3 is 6.03 Å². The maximum atomic E-state index is 11.9. The van der Waals surface area contributed by atoms with Gasteiger partial charge in [0.25, 0.3) is 0 Å². The zero-order valence-corrected chi connectivity index (χ0v) is 12.6. The highest BCUT2D eigenvalue weighted by Gasteiger charge is 2.13. The first kappa shape index (κ1) is 15.1. The molecule has 0 radical (unpaired) electrons. The van der Waals surface area contributed by atoms with Crippen LogP contribution in [0.1, 0.15) is 31.2 Å². The summed E-state index contributed by atoms with van der Waals surface area (Å²) in [6.45, 7) is 3.65. The number of urea groups is 1.